The Kier molecular flexibility index (Phi) is 4.83. The van der Waals surface area contributed by atoms with E-state index < -0.39 is 0 Å². The molecule has 134 valence electrons. The van der Waals surface area contributed by atoms with Crippen molar-refractivity contribution < 1.29 is 4.74 Å². The van der Waals surface area contributed by atoms with E-state index in [1.165, 1.54) is 12.8 Å². The van der Waals surface area contributed by atoms with Crippen LogP contribution in [0.1, 0.15) is 24.1 Å². The molecule has 0 aliphatic carbocycles. The fourth-order valence-corrected chi connectivity index (χ4v) is 3.83. The maximum atomic E-state index is 12.3. The van der Waals surface area contributed by atoms with Crippen LogP contribution in [0.3, 0.4) is 0 Å². The Balaban J connectivity index is 1.39. The van der Waals surface area contributed by atoms with Crippen molar-refractivity contribution in [3.05, 3.63) is 46.0 Å². The Morgan fingerprint density at radius 3 is 2.80 bits per heavy atom. The lowest BCUT2D eigenvalue weighted by atomic mass is 10.2. The normalized spacial score (nSPS) is 22.7. The third kappa shape index (κ3) is 3.76. The van der Waals surface area contributed by atoms with Gasteiger partial charge in [-0.3, -0.25) is 19.0 Å². The summed E-state index contributed by atoms with van der Waals surface area (Å²) >= 11 is 0. The number of hydrogen-bond acceptors (Lipinski definition) is 5. The highest BCUT2D eigenvalue weighted by Gasteiger charge is 2.23. The van der Waals surface area contributed by atoms with Crippen LogP contribution < -0.4 is 5.56 Å². The van der Waals surface area contributed by atoms with E-state index in [4.69, 9.17) is 9.72 Å². The molecule has 0 aromatic carbocycles. The van der Waals surface area contributed by atoms with Crippen molar-refractivity contribution in [2.75, 3.05) is 39.3 Å². The van der Waals surface area contributed by atoms with E-state index in [1.54, 1.807) is 16.7 Å². The Morgan fingerprint density at radius 2 is 2.04 bits per heavy atom. The first-order valence-corrected chi connectivity index (χ1v) is 9.23. The smallest absolute Gasteiger partial charge is 0.258 e. The molecule has 1 atom stereocenters. The van der Waals surface area contributed by atoms with E-state index in [0.29, 0.717) is 6.10 Å². The van der Waals surface area contributed by atoms with Gasteiger partial charge in [0.2, 0.25) is 0 Å². The Morgan fingerprint density at radius 1 is 1.24 bits per heavy atom. The highest BCUT2D eigenvalue weighted by molar-refractivity contribution is 5.46. The maximum Gasteiger partial charge on any atom is 0.258 e. The van der Waals surface area contributed by atoms with E-state index in [9.17, 15) is 4.79 Å². The number of pyridine rings is 1. The first kappa shape index (κ1) is 16.7. The summed E-state index contributed by atoms with van der Waals surface area (Å²) in [7, 11) is 0. The lowest BCUT2D eigenvalue weighted by Crippen LogP contribution is -2.48. The summed E-state index contributed by atoms with van der Waals surface area (Å²) in [4.78, 5) is 21.9. The van der Waals surface area contributed by atoms with Crippen molar-refractivity contribution in [3.8, 4) is 0 Å². The zero-order chi connectivity index (χ0) is 17.2. The largest absolute Gasteiger partial charge is 0.377 e. The molecule has 2 fully saturated rings. The predicted octanol–water partition coefficient (Wildman–Crippen LogP) is 1.30. The van der Waals surface area contributed by atoms with Crippen molar-refractivity contribution in [2.24, 2.45) is 0 Å². The van der Waals surface area contributed by atoms with E-state index in [2.05, 4.69) is 9.80 Å². The number of piperazine rings is 1. The van der Waals surface area contributed by atoms with Crippen LogP contribution in [0, 0.1) is 6.92 Å². The van der Waals surface area contributed by atoms with Gasteiger partial charge in [0.05, 0.1) is 11.8 Å². The third-order valence-corrected chi connectivity index (χ3v) is 5.28. The second-order valence-corrected chi connectivity index (χ2v) is 7.18. The molecule has 1 unspecified atom stereocenters. The van der Waals surface area contributed by atoms with Gasteiger partial charge in [0.15, 0.2) is 0 Å². The molecular formula is C19H26N4O2. The predicted molar refractivity (Wildman–Crippen MR) is 96.9 cm³/mol. The van der Waals surface area contributed by atoms with Gasteiger partial charge in [-0.1, -0.05) is 6.07 Å². The standard InChI is InChI=1S/C19H26N4O2/c1-15-4-2-6-23-18(24)12-16(20-19(15)23)13-21-7-9-22(10-8-21)14-17-5-3-11-25-17/h2,4,6,12,17H,3,5,7-11,13-14H2,1H3. The molecule has 25 heavy (non-hydrogen) atoms. The molecule has 0 radical (unpaired) electrons. The molecule has 0 spiro atoms. The Labute approximate surface area is 148 Å². The van der Waals surface area contributed by atoms with Crippen LogP contribution >= 0.6 is 0 Å². The van der Waals surface area contributed by atoms with E-state index in [1.807, 2.05) is 19.1 Å². The summed E-state index contributed by atoms with van der Waals surface area (Å²) in [5.41, 5.74) is 2.66. The molecule has 0 N–H and O–H groups in total. The van der Waals surface area contributed by atoms with Crippen molar-refractivity contribution in [1.29, 1.82) is 0 Å². The molecule has 2 aliphatic heterocycles. The van der Waals surface area contributed by atoms with Crippen LogP contribution in [0.2, 0.25) is 0 Å². The molecule has 0 saturated carbocycles. The second kappa shape index (κ2) is 7.23. The number of aryl methyl sites for hydroxylation is 1. The van der Waals surface area contributed by atoms with E-state index in [0.717, 1.165) is 62.8 Å². The summed E-state index contributed by atoms with van der Waals surface area (Å²) in [6.45, 7) is 8.87. The van der Waals surface area contributed by atoms with E-state index in [-0.39, 0.29) is 5.56 Å². The van der Waals surface area contributed by atoms with Crippen molar-refractivity contribution >= 4 is 5.65 Å². The number of nitrogens with zero attached hydrogens (tertiary/aromatic N) is 4. The second-order valence-electron chi connectivity index (χ2n) is 7.18. The minimum atomic E-state index is 0.000665. The summed E-state index contributed by atoms with van der Waals surface area (Å²) < 4.78 is 7.36. The maximum absolute atomic E-state index is 12.3. The number of fused-ring (bicyclic) bond motifs is 1. The summed E-state index contributed by atoms with van der Waals surface area (Å²) in [6.07, 6.45) is 4.61. The lowest BCUT2D eigenvalue weighted by molar-refractivity contribution is 0.0487. The molecular weight excluding hydrogens is 316 g/mol. The minimum absolute atomic E-state index is 0.000665. The van der Waals surface area contributed by atoms with Crippen LogP contribution in [-0.2, 0) is 11.3 Å². The minimum Gasteiger partial charge on any atom is -0.377 e. The molecule has 4 heterocycles. The zero-order valence-corrected chi connectivity index (χ0v) is 14.9. The number of rotatable bonds is 4. The number of ether oxygens (including phenoxy) is 1. The van der Waals surface area contributed by atoms with Crippen LogP contribution in [-0.4, -0.2) is 64.6 Å². The first-order valence-electron chi connectivity index (χ1n) is 9.23. The van der Waals surface area contributed by atoms with Crippen molar-refractivity contribution in [1.82, 2.24) is 19.2 Å². The van der Waals surface area contributed by atoms with Gasteiger partial charge in [-0.05, 0) is 31.4 Å². The van der Waals surface area contributed by atoms with Gasteiger partial charge in [0.25, 0.3) is 5.56 Å². The highest BCUT2D eigenvalue weighted by Crippen LogP contribution is 2.15. The average molecular weight is 342 g/mol. The fraction of sp³-hybridized carbons (Fsp3) is 0.579. The highest BCUT2D eigenvalue weighted by atomic mass is 16.5. The number of aromatic nitrogens is 2. The molecule has 2 saturated heterocycles. The summed E-state index contributed by atoms with van der Waals surface area (Å²) in [5.74, 6) is 0. The molecule has 6 nitrogen and oxygen atoms in total. The quantitative estimate of drug-likeness (QED) is 0.838. The van der Waals surface area contributed by atoms with Gasteiger partial charge in [-0.25, -0.2) is 4.98 Å². The monoisotopic (exact) mass is 342 g/mol. The molecule has 2 aliphatic rings. The number of hydrogen-bond donors (Lipinski definition) is 0. The van der Waals surface area contributed by atoms with Gasteiger partial charge in [-0.15, -0.1) is 0 Å². The van der Waals surface area contributed by atoms with Gasteiger partial charge in [0, 0.05) is 58.1 Å². The Bertz CT molecular complexity index is 790. The topological polar surface area (TPSA) is 50.1 Å². The lowest BCUT2D eigenvalue weighted by Gasteiger charge is -2.35. The van der Waals surface area contributed by atoms with Gasteiger partial charge in [0.1, 0.15) is 5.65 Å². The van der Waals surface area contributed by atoms with E-state index >= 15 is 0 Å². The van der Waals surface area contributed by atoms with Crippen LogP contribution in [0.15, 0.2) is 29.2 Å². The van der Waals surface area contributed by atoms with Crippen molar-refractivity contribution in [3.63, 3.8) is 0 Å². The molecule has 4 rings (SSSR count). The van der Waals surface area contributed by atoms with Crippen molar-refractivity contribution in [2.45, 2.75) is 32.4 Å². The molecule has 2 aromatic heterocycles. The molecule has 0 amide bonds. The first-order chi connectivity index (χ1) is 12.2. The van der Waals surface area contributed by atoms with Gasteiger partial charge in [-0.2, -0.15) is 0 Å². The average Bonchev–Trinajstić information content (AvgIpc) is 3.11. The summed E-state index contributed by atoms with van der Waals surface area (Å²) in [5, 5.41) is 0. The zero-order valence-electron chi connectivity index (χ0n) is 14.9. The molecule has 2 aromatic rings. The van der Waals surface area contributed by atoms with Crippen LogP contribution in [0.4, 0.5) is 0 Å². The molecule has 0 bridgehead atoms. The van der Waals surface area contributed by atoms with Gasteiger partial charge < -0.3 is 4.74 Å². The Hall–Kier alpha value is -1.76. The SMILES string of the molecule is Cc1cccn2c(=O)cc(CN3CCN(CC4CCCO4)CC3)nc12. The third-order valence-electron chi connectivity index (χ3n) is 5.28. The summed E-state index contributed by atoms with van der Waals surface area (Å²) in [6, 6.07) is 5.55. The van der Waals surface area contributed by atoms with Crippen LogP contribution in [0.5, 0.6) is 0 Å². The molecule has 6 heteroatoms. The fourth-order valence-electron chi connectivity index (χ4n) is 3.83. The van der Waals surface area contributed by atoms with Crippen LogP contribution in [0.25, 0.3) is 5.65 Å². The van der Waals surface area contributed by atoms with Gasteiger partial charge >= 0.3 is 0 Å².